The molecular weight excluding hydrogens is 315 g/mol. The molecule has 1 amide bonds. The quantitative estimate of drug-likeness (QED) is 0.631. The largest absolute Gasteiger partial charge is 0.466 e. The first-order valence-electron chi connectivity index (χ1n) is 6.80. The van der Waals surface area contributed by atoms with Gasteiger partial charge in [0.15, 0.2) is 0 Å². The van der Waals surface area contributed by atoms with Gasteiger partial charge in [-0.05, 0) is 25.8 Å². The summed E-state index contributed by atoms with van der Waals surface area (Å²) in [6.07, 6.45) is 2.56. The van der Waals surface area contributed by atoms with E-state index in [0.717, 1.165) is 0 Å². The van der Waals surface area contributed by atoms with Gasteiger partial charge in [-0.15, -0.1) is 0 Å². The number of hydrogen-bond acceptors (Lipinski definition) is 4. The molecule has 0 saturated carbocycles. The number of pyridine rings is 1. The lowest BCUT2D eigenvalue weighted by atomic mass is 9.96. The molecule has 1 aliphatic rings. The van der Waals surface area contributed by atoms with Crippen molar-refractivity contribution in [1.82, 2.24) is 9.88 Å². The van der Waals surface area contributed by atoms with Crippen LogP contribution in [0.4, 0.5) is 0 Å². The molecule has 7 heteroatoms. The Morgan fingerprint density at radius 2 is 2.05 bits per heavy atom. The summed E-state index contributed by atoms with van der Waals surface area (Å²) in [6.45, 7) is 3.16. The lowest BCUT2D eigenvalue weighted by molar-refractivity contribution is -0.149. The van der Waals surface area contributed by atoms with Crippen LogP contribution >= 0.6 is 23.2 Å². The van der Waals surface area contributed by atoms with Crippen molar-refractivity contribution in [2.75, 3.05) is 19.7 Å². The molecule has 0 unspecified atom stereocenters. The number of rotatable bonds is 3. The van der Waals surface area contributed by atoms with E-state index in [1.54, 1.807) is 11.8 Å². The van der Waals surface area contributed by atoms with Gasteiger partial charge >= 0.3 is 5.97 Å². The first-order valence-corrected chi connectivity index (χ1v) is 7.55. The van der Waals surface area contributed by atoms with E-state index in [2.05, 4.69) is 4.98 Å². The summed E-state index contributed by atoms with van der Waals surface area (Å²) < 4.78 is 5.01. The number of aromatic nitrogens is 1. The summed E-state index contributed by atoms with van der Waals surface area (Å²) >= 11 is 11.8. The molecule has 0 aromatic carbocycles. The maximum absolute atomic E-state index is 12.4. The minimum atomic E-state index is -0.188. The molecule has 5 nitrogen and oxygen atoms in total. The van der Waals surface area contributed by atoms with Crippen LogP contribution in [-0.4, -0.2) is 41.5 Å². The van der Waals surface area contributed by atoms with Crippen molar-refractivity contribution < 1.29 is 14.3 Å². The number of nitrogens with zero attached hydrogens (tertiary/aromatic N) is 2. The van der Waals surface area contributed by atoms with Crippen molar-refractivity contribution in [3.05, 3.63) is 28.0 Å². The Morgan fingerprint density at radius 3 is 2.67 bits per heavy atom. The van der Waals surface area contributed by atoms with Crippen LogP contribution in [0.2, 0.25) is 10.2 Å². The minimum Gasteiger partial charge on any atom is -0.466 e. The van der Waals surface area contributed by atoms with E-state index >= 15 is 0 Å². The first-order chi connectivity index (χ1) is 10.0. The summed E-state index contributed by atoms with van der Waals surface area (Å²) in [6, 6.07) is 1.46. The van der Waals surface area contributed by atoms with Gasteiger partial charge in [-0.3, -0.25) is 9.59 Å². The highest BCUT2D eigenvalue weighted by molar-refractivity contribution is 6.35. The molecule has 0 N–H and O–H groups in total. The van der Waals surface area contributed by atoms with Crippen LogP contribution in [-0.2, 0) is 9.53 Å². The number of hydrogen-bond donors (Lipinski definition) is 0. The number of carbonyl (C=O) groups is 2. The lowest BCUT2D eigenvalue weighted by Crippen LogP contribution is -2.40. The van der Waals surface area contributed by atoms with Gasteiger partial charge in [0.25, 0.3) is 5.91 Å². The lowest BCUT2D eigenvalue weighted by Gasteiger charge is -2.31. The zero-order valence-electron chi connectivity index (χ0n) is 11.6. The van der Waals surface area contributed by atoms with Gasteiger partial charge in [0.05, 0.1) is 23.1 Å². The maximum atomic E-state index is 12.4. The predicted octanol–water partition coefficient (Wildman–Crippen LogP) is 2.80. The van der Waals surface area contributed by atoms with E-state index in [-0.39, 0.29) is 28.0 Å². The van der Waals surface area contributed by atoms with Crippen LogP contribution in [0.5, 0.6) is 0 Å². The molecule has 1 aliphatic heterocycles. The van der Waals surface area contributed by atoms with E-state index in [0.29, 0.717) is 38.1 Å². The summed E-state index contributed by atoms with van der Waals surface area (Å²) in [7, 11) is 0. The number of carbonyl (C=O) groups excluding carboxylic acids is 2. The number of likely N-dealkylation sites (tertiary alicyclic amines) is 1. The molecule has 0 bridgehead atoms. The third-order valence-corrected chi connectivity index (χ3v) is 3.96. The predicted molar refractivity (Wildman–Crippen MR) is 79.5 cm³/mol. The molecule has 0 atom stereocenters. The zero-order chi connectivity index (χ0) is 15.4. The Labute approximate surface area is 133 Å². The highest BCUT2D eigenvalue weighted by Crippen LogP contribution is 2.24. The molecule has 0 radical (unpaired) electrons. The van der Waals surface area contributed by atoms with Crippen LogP contribution in [0.25, 0.3) is 0 Å². The van der Waals surface area contributed by atoms with Gasteiger partial charge in [0.1, 0.15) is 5.15 Å². The third kappa shape index (κ3) is 3.86. The Bertz CT molecular complexity index is 543. The minimum absolute atomic E-state index is 0.134. The van der Waals surface area contributed by atoms with E-state index in [9.17, 15) is 9.59 Å². The zero-order valence-corrected chi connectivity index (χ0v) is 13.2. The van der Waals surface area contributed by atoms with E-state index < -0.39 is 0 Å². The number of halogens is 2. The second kappa shape index (κ2) is 7.09. The van der Waals surface area contributed by atoms with Crippen LogP contribution in [0.1, 0.15) is 30.1 Å². The summed E-state index contributed by atoms with van der Waals surface area (Å²) in [5.74, 6) is -0.508. The highest BCUT2D eigenvalue weighted by Gasteiger charge is 2.29. The Kier molecular flexibility index (Phi) is 5.42. The molecule has 2 heterocycles. The molecule has 1 saturated heterocycles. The highest BCUT2D eigenvalue weighted by atomic mass is 35.5. The molecule has 21 heavy (non-hydrogen) atoms. The fourth-order valence-corrected chi connectivity index (χ4v) is 2.67. The maximum Gasteiger partial charge on any atom is 0.309 e. The molecule has 0 spiro atoms. The van der Waals surface area contributed by atoms with Crippen molar-refractivity contribution in [2.45, 2.75) is 19.8 Å². The Balaban J connectivity index is 2.00. The summed E-state index contributed by atoms with van der Waals surface area (Å²) in [4.78, 5) is 29.6. The van der Waals surface area contributed by atoms with Crippen LogP contribution in [0, 0.1) is 5.92 Å². The molecule has 1 fully saturated rings. The standard InChI is InChI=1S/C14H16Cl2N2O3/c1-2-21-14(20)9-3-5-18(6-4-9)13(19)10-7-12(16)17-8-11(10)15/h7-9H,2-6H2,1H3. The van der Waals surface area contributed by atoms with Crippen LogP contribution in [0.15, 0.2) is 12.3 Å². The molecule has 1 aromatic rings. The smallest absolute Gasteiger partial charge is 0.309 e. The number of esters is 1. The van der Waals surface area contributed by atoms with Gasteiger partial charge in [-0.1, -0.05) is 23.2 Å². The Hall–Kier alpha value is -1.33. The normalized spacial score (nSPS) is 15.9. The molecule has 0 aliphatic carbocycles. The molecular formula is C14H16Cl2N2O3. The second-order valence-corrected chi connectivity index (χ2v) is 5.60. The van der Waals surface area contributed by atoms with Gasteiger partial charge in [-0.25, -0.2) is 4.98 Å². The van der Waals surface area contributed by atoms with Crippen molar-refractivity contribution >= 4 is 35.1 Å². The van der Waals surface area contributed by atoms with Crippen molar-refractivity contribution in [3.63, 3.8) is 0 Å². The molecule has 114 valence electrons. The molecule has 1 aromatic heterocycles. The van der Waals surface area contributed by atoms with Gasteiger partial charge in [-0.2, -0.15) is 0 Å². The van der Waals surface area contributed by atoms with E-state index in [4.69, 9.17) is 27.9 Å². The number of ether oxygens (including phenoxy) is 1. The summed E-state index contributed by atoms with van der Waals surface area (Å²) in [5, 5.41) is 0.501. The van der Waals surface area contributed by atoms with E-state index in [1.807, 2.05) is 0 Å². The number of amides is 1. The summed E-state index contributed by atoms with van der Waals surface area (Å²) in [5.41, 5.74) is 0.339. The van der Waals surface area contributed by atoms with Gasteiger partial charge in [0.2, 0.25) is 0 Å². The average Bonchev–Trinajstić information content (AvgIpc) is 2.49. The topological polar surface area (TPSA) is 59.5 Å². The average molecular weight is 331 g/mol. The van der Waals surface area contributed by atoms with Gasteiger partial charge < -0.3 is 9.64 Å². The van der Waals surface area contributed by atoms with Crippen molar-refractivity contribution in [3.8, 4) is 0 Å². The molecule has 2 rings (SSSR count). The van der Waals surface area contributed by atoms with E-state index in [1.165, 1.54) is 12.3 Å². The third-order valence-electron chi connectivity index (χ3n) is 3.45. The fourth-order valence-electron chi connectivity index (χ4n) is 2.33. The number of piperidine rings is 1. The Morgan fingerprint density at radius 1 is 1.38 bits per heavy atom. The van der Waals surface area contributed by atoms with Crippen LogP contribution < -0.4 is 0 Å². The fraction of sp³-hybridized carbons (Fsp3) is 0.500. The SMILES string of the molecule is CCOC(=O)C1CCN(C(=O)c2cc(Cl)ncc2Cl)CC1. The van der Waals surface area contributed by atoms with Crippen molar-refractivity contribution in [2.24, 2.45) is 5.92 Å². The first kappa shape index (κ1) is 16.0. The van der Waals surface area contributed by atoms with Gasteiger partial charge in [0, 0.05) is 19.3 Å². The monoisotopic (exact) mass is 330 g/mol. The van der Waals surface area contributed by atoms with Crippen molar-refractivity contribution in [1.29, 1.82) is 0 Å². The second-order valence-electron chi connectivity index (χ2n) is 4.81. The van der Waals surface area contributed by atoms with Crippen LogP contribution in [0.3, 0.4) is 0 Å².